The molecular weight excluding hydrogens is 282 g/mol. The Labute approximate surface area is 128 Å². The monoisotopic (exact) mass is 299 g/mol. The second-order valence-electron chi connectivity index (χ2n) is 5.59. The van der Waals surface area contributed by atoms with E-state index in [4.69, 9.17) is 4.52 Å². The first-order valence-electron chi connectivity index (χ1n) is 7.13. The molecule has 2 amide bonds. The number of amides is 2. The van der Waals surface area contributed by atoms with E-state index in [9.17, 15) is 9.59 Å². The number of hydrogen-bond acceptors (Lipinski definition) is 4. The Hall–Kier alpha value is -2.63. The maximum absolute atomic E-state index is 12.1. The van der Waals surface area contributed by atoms with Crippen molar-refractivity contribution in [2.24, 2.45) is 5.92 Å². The molecule has 1 fully saturated rings. The third-order valence-electron chi connectivity index (χ3n) is 3.71. The maximum atomic E-state index is 12.1. The van der Waals surface area contributed by atoms with Crippen molar-refractivity contribution in [3.8, 4) is 0 Å². The predicted molar refractivity (Wildman–Crippen MR) is 80.4 cm³/mol. The lowest BCUT2D eigenvalue weighted by Crippen LogP contribution is -2.54. The first-order chi connectivity index (χ1) is 10.5. The zero-order chi connectivity index (χ0) is 15.7. The van der Waals surface area contributed by atoms with Crippen LogP contribution in [-0.4, -0.2) is 35.0 Å². The molecule has 114 valence electrons. The average molecular weight is 299 g/mol. The topological polar surface area (TPSA) is 75.4 Å². The van der Waals surface area contributed by atoms with E-state index in [1.807, 2.05) is 31.2 Å². The second kappa shape index (κ2) is 5.63. The summed E-state index contributed by atoms with van der Waals surface area (Å²) in [7, 11) is 0. The standard InChI is InChI=1S/C16H17N3O3/c1-10-3-5-13(6-4-10)17-15(20)12-8-19(9-12)16(21)14-7-11(2)22-18-14/h3-7,12H,8-9H2,1-2H3,(H,17,20). The van der Waals surface area contributed by atoms with Crippen molar-refractivity contribution in [2.75, 3.05) is 18.4 Å². The molecule has 0 unspecified atom stereocenters. The van der Waals surface area contributed by atoms with Crippen LogP contribution in [-0.2, 0) is 4.79 Å². The van der Waals surface area contributed by atoms with Gasteiger partial charge in [-0.25, -0.2) is 0 Å². The van der Waals surface area contributed by atoms with Gasteiger partial charge < -0.3 is 14.7 Å². The molecule has 3 rings (SSSR count). The highest BCUT2D eigenvalue weighted by atomic mass is 16.5. The smallest absolute Gasteiger partial charge is 0.276 e. The summed E-state index contributed by atoms with van der Waals surface area (Å²) in [5, 5.41) is 6.56. The zero-order valence-electron chi connectivity index (χ0n) is 12.5. The third-order valence-corrected chi connectivity index (χ3v) is 3.71. The van der Waals surface area contributed by atoms with Crippen LogP contribution < -0.4 is 5.32 Å². The van der Waals surface area contributed by atoms with Crippen molar-refractivity contribution in [3.63, 3.8) is 0 Å². The number of carbonyl (C=O) groups is 2. The van der Waals surface area contributed by atoms with E-state index in [1.54, 1.807) is 17.9 Å². The molecule has 22 heavy (non-hydrogen) atoms. The van der Waals surface area contributed by atoms with Crippen LogP contribution in [0.2, 0.25) is 0 Å². The van der Waals surface area contributed by atoms with Gasteiger partial charge in [-0.3, -0.25) is 9.59 Å². The molecule has 0 aliphatic carbocycles. The van der Waals surface area contributed by atoms with Gasteiger partial charge in [-0.1, -0.05) is 22.9 Å². The van der Waals surface area contributed by atoms with E-state index in [1.165, 1.54) is 0 Å². The van der Waals surface area contributed by atoms with E-state index in [-0.39, 0.29) is 23.4 Å². The van der Waals surface area contributed by atoms with Crippen LogP contribution in [0.3, 0.4) is 0 Å². The summed E-state index contributed by atoms with van der Waals surface area (Å²) in [5.74, 6) is 0.149. The van der Waals surface area contributed by atoms with Gasteiger partial charge in [0.1, 0.15) is 5.76 Å². The maximum Gasteiger partial charge on any atom is 0.276 e. The van der Waals surface area contributed by atoms with Crippen LogP contribution in [0.25, 0.3) is 0 Å². The lowest BCUT2D eigenvalue weighted by Gasteiger charge is -2.37. The van der Waals surface area contributed by atoms with Gasteiger partial charge in [0.2, 0.25) is 5.91 Å². The third kappa shape index (κ3) is 2.86. The van der Waals surface area contributed by atoms with Crippen molar-refractivity contribution >= 4 is 17.5 Å². The Morgan fingerprint density at radius 2 is 1.91 bits per heavy atom. The number of nitrogens with zero attached hydrogens (tertiary/aromatic N) is 2. The van der Waals surface area contributed by atoms with Crippen LogP contribution in [0.1, 0.15) is 21.8 Å². The van der Waals surface area contributed by atoms with Gasteiger partial charge in [0.15, 0.2) is 5.69 Å². The Bertz CT molecular complexity index is 700. The summed E-state index contributed by atoms with van der Waals surface area (Å²) in [4.78, 5) is 25.8. The van der Waals surface area contributed by atoms with Crippen molar-refractivity contribution in [3.05, 3.63) is 47.3 Å². The van der Waals surface area contributed by atoms with Gasteiger partial charge in [-0.2, -0.15) is 0 Å². The SMILES string of the molecule is Cc1ccc(NC(=O)C2CN(C(=O)c3cc(C)on3)C2)cc1. The highest BCUT2D eigenvalue weighted by Gasteiger charge is 2.37. The zero-order valence-corrected chi connectivity index (χ0v) is 12.5. The number of likely N-dealkylation sites (tertiary alicyclic amines) is 1. The molecule has 6 heteroatoms. The summed E-state index contributed by atoms with van der Waals surface area (Å²) >= 11 is 0. The summed E-state index contributed by atoms with van der Waals surface area (Å²) in [6.45, 7) is 4.54. The fourth-order valence-electron chi connectivity index (χ4n) is 2.32. The van der Waals surface area contributed by atoms with Gasteiger partial charge in [0.05, 0.1) is 5.92 Å². The van der Waals surface area contributed by atoms with Gasteiger partial charge in [-0.15, -0.1) is 0 Å². The van der Waals surface area contributed by atoms with Gasteiger partial charge in [-0.05, 0) is 26.0 Å². The van der Waals surface area contributed by atoms with E-state index >= 15 is 0 Å². The number of benzene rings is 1. The molecular formula is C16H17N3O3. The second-order valence-corrected chi connectivity index (χ2v) is 5.59. The van der Waals surface area contributed by atoms with E-state index in [2.05, 4.69) is 10.5 Å². The quantitative estimate of drug-likeness (QED) is 0.940. The Morgan fingerprint density at radius 3 is 2.50 bits per heavy atom. The highest BCUT2D eigenvalue weighted by molar-refractivity contribution is 5.97. The highest BCUT2D eigenvalue weighted by Crippen LogP contribution is 2.20. The molecule has 1 aromatic heterocycles. The van der Waals surface area contributed by atoms with Crippen LogP contribution in [0, 0.1) is 19.8 Å². The number of aryl methyl sites for hydroxylation is 2. The van der Waals surface area contributed by atoms with Crippen LogP contribution in [0.4, 0.5) is 5.69 Å². The Balaban J connectivity index is 1.53. The molecule has 1 aromatic carbocycles. The molecule has 1 aliphatic rings. The van der Waals surface area contributed by atoms with E-state index in [0.717, 1.165) is 11.3 Å². The van der Waals surface area contributed by atoms with E-state index in [0.29, 0.717) is 18.8 Å². The molecule has 1 N–H and O–H groups in total. The number of carbonyl (C=O) groups excluding carboxylic acids is 2. The fraction of sp³-hybridized carbons (Fsp3) is 0.312. The van der Waals surface area contributed by atoms with Gasteiger partial charge in [0.25, 0.3) is 5.91 Å². The fourth-order valence-corrected chi connectivity index (χ4v) is 2.32. The van der Waals surface area contributed by atoms with Crippen molar-refractivity contribution in [2.45, 2.75) is 13.8 Å². The van der Waals surface area contributed by atoms with Crippen LogP contribution >= 0.6 is 0 Å². The minimum atomic E-state index is -0.198. The largest absolute Gasteiger partial charge is 0.361 e. The Kier molecular flexibility index (Phi) is 3.66. The number of rotatable bonds is 3. The van der Waals surface area contributed by atoms with Gasteiger partial charge >= 0.3 is 0 Å². The van der Waals surface area contributed by atoms with Crippen molar-refractivity contribution in [1.29, 1.82) is 0 Å². The van der Waals surface area contributed by atoms with Crippen molar-refractivity contribution in [1.82, 2.24) is 10.1 Å². The summed E-state index contributed by atoms with van der Waals surface area (Å²) in [6.07, 6.45) is 0. The van der Waals surface area contributed by atoms with Gasteiger partial charge in [0, 0.05) is 24.8 Å². The first-order valence-corrected chi connectivity index (χ1v) is 7.13. The minimum absolute atomic E-state index is 0.0655. The first kappa shape index (κ1) is 14.3. The summed E-state index contributed by atoms with van der Waals surface area (Å²) < 4.78 is 4.89. The molecule has 0 spiro atoms. The number of nitrogens with one attached hydrogen (secondary N) is 1. The van der Waals surface area contributed by atoms with E-state index < -0.39 is 0 Å². The number of aromatic nitrogens is 1. The number of anilines is 1. The summed E-state index contributed by atoms with van der Waals surface area (Å²) in [6, 6.07) is 9.22. The summed E-state index contributed by atoms with van der Waals surface area (Å²) in [5.41, 5.74) is 2.20. The number of hydrogen-bond donors (Lipinski definition) is 1. The molecule has 0 saturated carbocycles. The van der Waals surface area contributed by atoms with Crippen LogP contribution in [0.15, 0.2) is 34.9 Å². The lowest BCUT2D eigenvalue weighted by atomic mass is 9.98. The molecule has 6 nitrogen and oxygen atoms in total. The molecule has 0 radical (unpaired) electrons. The molecule has 2 heterocycles. The predicted octanol–water partition coefficient (Wildman–Crippen LogP) is 2.00. The molecule has 0 atom stereocenters. The average Bonchev–Trinajstić information content (AvgIpc) is 2.86. The molecule has 0 bridgehead atoms. The molecule has 1 aliphatic heterocycles. The van der Waals surface area contributed by atoms with Crippen molar-refractivity contribution < 1.29 is 14.1 Å². The Morgan fingerprint density at radius 1 is 1.23 bits per heavy atom. The van der Waals surface area contributed by atoms with Crippen LogP contribution in [0.5, 0.6) is 0 Å². The normalized spacial score (nSPS) is 14.5. The molecule has 1 saturated heterocycles. The minimum Gasteiger partial charge on any atom is -0.361 e. The molecule has 2 aromatic rings. The lowest BCUT2D eigenvalue weighted by molar-refractivity contribution is -0.123.